The second kappa shape index (κ2) is 6.74. The zero-order chi connectivity index (χ0) is 15.3. The minimum Gasteiger partial charge on any atom is -0.370 e. The van der Waals surface area contributed by atoms with E-state index in [9.17, 15) is 10.1 Å². The van der Waals surface area contributed by atoms with Crippen molar-refractivity contribution in [3.63, 3.8) is 0 Å². The summed E-state index contributed by atoms with van der Waals surface area (Å²) in [6.07, 6.45) is 6.59. The first-order valence-electron chi connectivity index (χ1n) is 7.71. The van der Waals surface area contributed by atoms with Crippen LogP contribution in [0.1, 0.15) is 52.4 Å². The van der Waals surface area contributed by atoms with Crippen LogP contribution < -0.4 is 10.6 Å². The van der Waals surface area contributed by atoms with E-state index in [2.05, 4.69) is 29.5 Å². The molecule has 6 heteroatoms. The number of rotatable bonds is 6. The number of aromatic nitrogens is 1. The van der Waals surface area contributed by atoms with Gasteiger partial charge in [-0.2, -0.15) is 0 Å². The third kappa shape index (κ3) is 4.06. The molecule has 0 radical (unpaired) electrons. The Morgan fingerprint density at radius 1 is 1.33 bits per heavy atom. The molecule has 1 heterocycles. The maximum absolute atomic E-state index is 11.2. The summed E-state index contributed by atoms with van der Waals surface area (Å²) < 4.78 is 0. The molecule has 116 valence electrons. The molecule has 0 amide bonds. The van der Waals surface area contributed by atoms with Crippen LogP contribution >= 0.6 is 0 Å². The minimum atomic E-state index is -0.370. The normalized spacial score (nSPS) is 17.2. The molecule has 1 fully saturated rings. The van der Waals surface area contributed by atoms with Crippen LogP contribution in [-0.2, 0) is 0 Å². The van der Waals surface area contributed by atoms with Gasteiger partial charge in [-0.3, -0.25) is 10.1 Å². The number of pyridine rings is 1. The fourth-order valence-electron chi connectivity index (χ4n) is 2.79. The van der Waals surface area contributed by atoms with Crippen LogP contribution in [0.4, 0.5) is 17.3 Å². The van der Waals surface area contributed by atoms with E-state index >= 15 is 0 Å². The van der Waals surface area contributed by atoms with E-state index in [4.69, 9.17) is 0 Å². The molecule has 0 atom stereocenters. The lowest BCUT2D eigenvalue weighted by Gasteiger charge is -2.34. The fourth-order valence-corrected chi connectivity index (χ4v) is 2.79. The summed E-state index contributed by atoms with van der Waals surface area (Å²) >= 11 is 0. The van der Waals surface area contributed by atoms with Gasteiger partial charge in [0.25, 0.3) is 0 Å². The van der Waals surface area contributed by atoms with Crippen molar-refractivity contribution in [1.29, 1.82) is 0 Å². The van der Waals surface area contributed by atoms with Crippen molar-refractivity contribution in [1.82, 2.24) is 4.98 Å². The Hall–Kier alpha value is -1.85. The first-order valence-corrected chi connectivity index (χ1v) is 7.71. The molecule has 2 rings (SSSR count). The van der Waals surface area contributed by atoms with Gasteiger partial charge in [0.2, 0.25) is 5.82 Å². The Morgan fingerprint density at radius 2 is 2.05 bits per heavy atom. The lowest BCUT2D eigenvalue weighted by Crippen LogP contribution is -2.37. The number of nitrogens with one attached hydrogen (secondary N) is 2. The monoisotopic (exact) mass is 292 g/mol. The van der Waals surface area contributed by atoms with Crippen LogP contribution in [-0.4, -0.2) is 22.0 Å². The molecule has 0 saturated heterocycles. The molecule has 21 heavy (non-hydrogen) atoms. The average Bonchev–Trinajstić information content (AvgIpc) is 2.45. The Morgan fingerprint density at radius 3 is 2.67 bits per heavy atom. The predicted molar refractivity (Wildman–Crippen MR) is 84.8 cm³/mol. The molecular weight excluding hydrogens is 268 g/mol. The number of nitrogens with zero attached hydrogens (tertiary/aromatic N) is 2. The van der Waals surface area contributed by atoms with Gasteiger partial charge in [0, 0.05) is 18.2 Å². The van der Waals surface area contributed by atoms with E-state index in [1.54, 1.807) is 6.07 Å². The zero-order valence-corrected chi connectivity index (χ0v) is 12.8. The lowest BCUT2D eigenvalue weighted by molar-refractivity contribution is -0.384. The second-order valence-corrected chi connectivity index (χ2v) is 5.99. The number of nitro groups is 1. The number of anilines is 2. The van der Waals surface area contributed by atoms with Crippen molar-refractivity contribution >= 4 is 17.3 Å². The summed E-state index contributed by atoms with van der Waals surface area (Å²) in [7, 11) is 0. The Balaban J connectivity index is 2.23. The molecule has 6 nitrogen and oxygen atoms in total. The molecule has 0 spiro atoms. The molecule has 1 aromatic rings. The highest BCUT2D eigenvalue weighted by molar-refractivity contribution is 5.61. The molecule has 1 saturated carbocycles. The van der Waals surface area contributed by atoms with Gasteiger partial charge in [-0.1, -0.05) is 26.2 Å². The van der Waals surface area contributed by atoms with Gasteiger partial charge >= 0.3 is 5.69 Å². The van der Waals surface area contributed by atoms with E-state index in [1.807, 2.05) is 0 Å². The largest absolute Gasteiger partial charge is 0.370 e. The lowest BCUT2D eigenvalue weighted by atomic mass is 9.83. The van der Waals surface area contributed by atoms with Crippen LogP contribution in [0.2, 0.25) is 0 Å². The summed E-state index contributed by atoms with van der Waals surface area (Å²) in [5.41, 5.74) is -0.0526. The third-order valence-corrected chi connectivity index (χ3v) is 4.00. The number of hydrogen-bond acceptors (Lipinski definition) is 5. The summed E-state index contributed by atoms with van der Waals surface area (Å²) in [5, 5.41) is 17.7. The van der Waals surface area contributed by atoms with Crippen molar-refractivity contribution < 1.29 is 4.92 Å². The van der Waals surface area contributed by atoms with Gasteiger partial charge in [0.05, 0.1) is 4.92 Å². The molecule has 0 unspecified atom stereocenters. The van der Waals surface area contributed by atoms with Crippen molar-refractivity contribution in [3.05, 3.63) is 22.2 Å². The molecule has 0 bridgehead atoms. The first kappa shape index (κ1) is 15.5. The van der Waals surface area contributed by atoms with Crippen molar-refractivity contribution in [2.24, 2.45) is 0 Å². The second-order valence-electron chi connectivity index (χ2n) is 5.99. The minimum absolute atomic E-state index is 0.0452. The standard InChI is InChI=1S/C15H24N4O2/c1-3-11-16-13-8-7-12(19(20)21)14(17-13)18-15(2)9-5-4-6-10-15/h7-8H,3-6,9-11H2,1-2H3,(H2,16,17,18). The first-order chi connectivity index (χ1) is 10.0. The van der Waals surface area contributed by atoms with Gasteiger partial charge < -0.3 is 10.6 Å². The average molecular weight is 292 g/mol. The Kier molecular flexibility index (Phi) is 4.98. The molecule has 0 aromatic carbocycles. The highest BCUT2D eigenvalue weighted by Crippen LogP contribution is 2.34. The Bertz CT molecular complexity index is 498. The molecule has 1 aliphatic carbocycles. The third-order valence-electron chi connectivity index (χ3n) is 4.00. The van der Waals surface area contributed by atoms with Gasteiger partial charge in [-0.25, -0.2) is 4.98 Å². The summed E-state index contributed by atoms with van der Waals surface area (Å²) in [6.45, 7) is 5.01. The van der Waals surface area contributed by atoms with Gasteiger partial charge in [-0.15, -0.1) is 0 Å². The highest BCUT2D eigenvalue weighted by atomic mass is 16.6. The summed E-state index contributed by atoms with van der Waals surface area (Å²) in [5.74, 6) is 1.06. The topological polar surface area (TPSA) is 80.1 Å². The van der Waals surface area contributed by atoms with E-state index in [1.165, 1.54) is 12.5 Å². The summed E-state index contributed by atoms with van der Waals surface area (Å²) in [6, 6.07) is 3.20. The molecule has 1 aromatic heterocycles. The quantitative estimate of drug-likeness (QED) is 0.613. The predicted octanol–water partition coefficient (Wildman–Crippen LogP) is 3.95. The van der Waals surface area contributed by atoms with Crippen LogP contribution in [0, 0.1) is 10.1 Å². The van der Waals surface area contributed by atoms with E-state index in [-0.39, 0.29) is 16.1 Å². The number of hydrogen-bond donors (Lipinski definition) is 2. The van der Waals surface area contributed by atoms with E-state index in [0.717, 1.165) is 38.6 Å². The van der Waals surface area contributed by atoms with Crippen LogP contribution in [0.15, 0.2) is 12.1 Å². The maximum Gasteiger partial charge on any atom is 0.311 e. The van der Waals surface area contributed by atoms with E-state index in [0.29, 0.717) is 11.6 Å². The Labute approximate surface area is 125 Å². The summed E-state index contributed by atoms with van der Waals surface area (Å²) in [4.78, 5) is 15.2. The SMILES string of the molecule is CCCNc1ccc([N+](=O)[O-])c(NC2(C)CCCCC2)n1. The molecule has 1 aliphatic rings. The maximum atomic E-state index is 11.2. The van der Waals surface area contributed by atoms with E-state index < -0.39 is 0 Å². The van der Waals surface area contributed by atoms with Crippen molar-refractivity contribution in [2.45, 2.75) is 57.9 Å². The van der Waals surface area contributed by atoms with Crippen LogP contribution in [0.5, 0.6) is 0 Å². The van der Waals surface area contributed by atoms with Crippen molar-refractivity contribution in [3.8, 4) is 0 Å². The van der Waals surface area contributed by atoms with Gasteiger partial charge in [0.15, 0.2) is 0 Å². The van der Waals surface area contributed by atoms with Crippen LogP contribution in [0.25, 0.3) is 0 Å². The van der Waals surface area contributed by atoms with Gasteiger partial charge in [0.1, 0.15) is 5.82 Å². The zero-order valence-electron chi connectivity index (χ0n) is 12.8. The smallest absolute Gasteiger partial charge is 0.311 e. The molecular formula is C15H24N4O2. The molecule has 2 N–H and O–H groups in total. The van der Waals surface area contributed by atoms with Crippen LogP contribution in [0.3, 0.4) is 0 Å². The fraction of sp³-hybridized carbons (Fsp3) is 0.667. The van der Waals surface area contributed by atoms with Gasteiger partial charge in [-0.05, 0) is 32.3 Å². The highest BCUT2D eigenvalue weighted by Gasteiger charge is 2.29. The van der Waals surface area contributed by atoms with Crippen molar-refractivity contribution in [2.75, 3.05) is 17.2 Å². The molecule has 0 aliphatic heterocycles.